The fraction of sp³-hybridized carbons (Fsp3) is 0.188. The Balaban J connectivity index is 1.91. The van der Waals surface area contributed by atoms with Gasteiger partial charge in [0.15, 0.2) is 0 Å². The molecule has 1 aromatic carbocycles. The first-order valence-corrected chi connectivity index (χ1v) is 6.80. The van der Waals surface area contributed by atoms with Gasteiger partial charge >= 0.3 is 5.97 Å². The highest BCUT2D eigenvalue weighted by atomic mass is 16.5. The van der Waals surface area contributed by atoms with Gasteiger partial charge in [-0.05, 0) is 31.1 Å². The number of rotatable bonds is 4. The third-order valence-corrected chi connectivity index (χ3v) is 3.38. The van der Waals surface area contributed by atoms with Crippen LogP contribution >= 0.6 is 0 Å². The Morgan fingerprint density at radius 1 is 1.41 bits per heavy atom. The minimum Gasteiger partial charge on any atom is -0.497 e. The van der Waals surface area contributed by atoms with E-state index in [1.165, 1.54) is 0 Å². The summed E-state index contributed by atoms with van der Waals surface area (Å²) >= 11 is 0. The first kappa shape index (κ1) is 14.1. The lowest BCUT2D eigenvalue weighted by Crippen LogP contribution is -2.03. The van der Waals surface area contributed by atoms with Crippen molar-refractivity contribution < 1.29 is 19.2 Å². The van der Waals surface area contributed by atoms with Gasteiger partial charge < -0.3 is 14.4 Å². The van der Waals surface area contributed by atoms with Crippen LogP contribution in [0.4, 0.5) is 0 Å². The average molecular weight is 298 g/mol. The molecule has 112 valence electrons. The monoisotopic (exact) mass is 298 g/mol. The summed E-state index contributed by atoms with van der Waals surface area (Å²) < 4.78 is 10.4. The minimum atomic E-state index is -0.918. The molecule has 0 bridgehead atoms. The van der Waals surface area contributed by atoms with Gasteiger partial charge in [-0.15, -0.1) is 0 Å². The van der Waals surface area contributed by atoms with Crippen molar-refractivity contribution in [2.24, 2.45) is 0 Å². The molecule has 0 amide bonds. The van der Waals surface area contributed by atoms with Crippen LogP contribution in [0.5, 0.6) is 5.75 Å². The fourth-order valence-electron chi connectivity index (χ4n) is 2.24. The van der Waals surface area contributed by atoms with Crippen LogP contribution < -0.4 is 4.74 Å². The second kappa shape index (κ2) is 5.85. The third-order valence-electron chi connectivity index (χ3n) is 3.38. The Bertz CT molecular complexity index is 774. The first-order valence-electron chi connectivity index (χ1n) is 6.80. The number of aromatic nitrogens is 2. The fourth-order valence-corrected chi connectivity index (χ4v) is 2.24. The number of hydrogen-bond donors (Lipinski definition) is 1. The van der Waals surface area contributed by atoms with E-state index in [9.17, 15) is 4.79 Å². The molecular weight excluding hydrogens is 284 g/mol. The Hall–Kier alpha value is -2.89. The summed E-state index contributed by atoms with van der Waals surface area (Å²) in [4.78, 5) is 15.4. The van der Waals surface area contributed by atoms with E-state index >= 15 is 0 Å². The second-order valence-corrected chi connectivity index (χ2v) is 4.83. The van der Waals surface area contributed by atoms with Crippen LogP contribution in [0.1, 0.15) is 18.7 Å². The highest BCUT2D eigenvalue weighted by molar-refractivity contribution is 5.91. The summed E-state index contributed by atoms with van der Waals surface area (Å²) in [6.07, 6.45) is 4.63. The van der Waals surface area contributed by atoms with Crippen LogP contribution in [0.3, 0.4) is 0 Å². The minimum absolute atomic E-state index is 0.316. The molecule has 1 aliphatic carbocycles. The number of carboxylic acid groups (broad SMARTS) is 1. The Kier molecular flexibility index (Phi) is 3.74. The molecule has 6 heteroatoms. The molecule has 0 spiro atoms. The number of aliphatic carboxylic acids is 1. The van der Waals surface area contributed by atoms with Crippen molar-refractivity contribution in [1.82, 2.24) is 10.1 Å². The molecule has 1 aliphatic rings. The van der Waals surface area contributed by atoms with Crippen LogP contribution in [-0.4, -0.2) is 28.3 Å². The number of allylic oxidation sites excluding steroid dienone is 3. The van der Waals surface area contributed by atoms with Gasteiger partial charge in [0.25, 0.3) is 5.89 Å². The SMILES string of the molecule is COc1cccc(-c2noc(C3=CCCC(C(=O)O)=C3)n2)c1. The number of carboxylic acids is 1. The normalized spacial score (nSPS) is 14.2. The maximum Gasteiger partial charge on any atom is 0.331 e. The lowest BCUT2D eigenvalue weighted by Gasteiger charge is -2.07. The topological polar surface area (TPSA) is 85.5 Å². The molecule has 0 radical (unpaired) electrons. The van der Waals surface area contributed by atoms with E-state index in [4.69, 9.17) is 14.4 Å². The summed E-state index contributed by atoms with van der Waals surface area (Å²) in [5.74, 6) is 0.536. The molecule has 1 heterocycles. The second-order valence-electron chi connectivity index (χ2n) is 4.83. The molecule has 0 aliphatic heterocycles. The van der Waals surface area contributed by atoms with E-state index in [1.807, 2.05) is 30.3 Å². The summed E-state index contributed by atoms with van der Waals surface area (Å²) in [6, 6.07) is 7.33. The largest absolute Gasteiger partial charge is 0.497 e. The van der Waals surface area contributed by atoms with Crippen LogP contribution in [0.2, 0.25) is 0 Å². The predicted molar refractivity (Wildman–Crippen MR) is 79.2 cm³/mol. The summed E-state index contributed by atoms with van der Waals surface area (Å²) in [6.45, 7) is 0. The highest BCUT2D eigenvalue weighted by Crippen LogP contribution is 2.27. The number of carbonyl (C=O) groups is 1. The van der Waals surface area contributed by atoms with Crippen molar-refractivity contribution >= 4 is 11.5 Å². The maximum atomic E-state index is 11.1. The van der Waals surface area contributed by atoms with Gasteiger partial charge in [-0.2, -0.15) is 4.98 Å². The van der Waals surface area contributed by atoms with E-state index in [0.29, 0.717) is 41.5 Å². The third kappa shape index (κ3) is 2.76. The quantitative estimate of drug-likeness (QED) is 0.934. The molecule has 0 atom stereocenters. The summed E-state index contributed by atoms with van der Waals surface area (Å²) in [7, 11) is 1.59. The van der Waals surface area contributed by atoms with Gasteiger partial charge in [-0.25, -0.2) is 4.79 Å². The zero-order chi connectivity index (χ0) is 15.5. The Morgan fingerprint density at radius 3 is 3.05 bits per heavy atom. The van der Waals surface area contributed by atoms with Gasteiger partial charge in [0.1, 0.15) is 5.75 Å². The molecule has 2 aromatic rings. The van der Waals surface area contributed by atoms with Crippen molar-refractivity contribution in [3.05, 3.63) is 47.9 Å². The number of hydrogen-bond acceptors (Lipinski definition) is 5. The average Bonchev–Trinajstić information content (AvgIpc) is 3.05. The van der Waals surface area contributed by atoms with Crippen molar-refractivity contribution in [1.29, 1.82) is 0 Å². The zero-order valence-electron chi connectivity index (χ0n) is 11.9. The number of methoxy groups -OCH3 is 1. The van der Waals surface area contributed by atoms with Gasteiger partial charge in [0.2, 0.25) is 5.82 Å². The van der Waals surface area contributed by atoms with E-state index < -0.39 is 5.97 Å². The predicted octanol–water partition coefficient (Wildman–Crippen LogP) is 2.93. The molecule has 0 unspecified atom stereocenters. The molecular formula is C16H14N2O4. The summed E-state index contributed by atoms with van der Waals surface area (Å²) in [5, 5.41) is 13.0. The van der Waals surface area contributed by atoms with Gasteiger partial charge in [-0.1, -0.05) is 23.4 Å². The van der Waals surface area contributed by atoms with E-state index in [2.05, 4.69) is 10.1 Å². The number of ether oxygens (including phenoxy) is 1. The Labute approximate surface area is 126 Å². The van der Waals surface area contributed by atoms with Crippen LogP contribution in [0, 0.1) is 0 Å². The van der Waals surface area contributed by atoms with E-state index in [1.54, 1.807) is 13.2 Å². The van der Waals surface area contributed by atoms with Crippen molar-refractivity contribution in [2.75, 3.05) is 7.11 Å². The molecule has 0 saturated carbocycles. The molecule has 1 aromatic heterocycles. The lowest BCUT2D eigenvalue weighted by molar-refractivity contribution is -0.132. The highest BCUT2D eigenvalue weighted by Gasteiger charge is 2.17. The smallest absolute Gasteiger partial charge is 0.331 e. The first-order chi connectivity index (χ1) is 10.7. The van der Waals surface area contributed by atoms with Gasteiger partial charge in [-0.3, -0.25) is 0 Å². The molecule has 0 fully saturated rings. The summed E-state index contributed by atoms with van der Waals surface area (Å²) in [5.41, 5.74) is 1.76. The van der Waals surface area contributed by atoms with Gasteiger partial charge in [0.05, 0.1) is 7.11 Å². The maximum absolute atomic E-state index is 11.1. The van der Waals surface area contributed by atoms with Crippen molar-refractivity contribution in [2.45, 2.75) is 12.8 Å². The molecule has 0 saturated heterocycles. The zero-order valence-corrected chi connectivity index (χ0v) is 11.9. The van der Waals surface area contributed by atoms with Crippen LogP contribution in [0.15, 0.2) is 46.5 Å². The van der Waals surface area contributed by atoms with Crippen molar-refractivity contribution in [3.63, 3.8) is 0 Å². The lowest BCUT2D eigenvalue weighted by atomic mass is 9.99. The number of benzene rings is 1. The molecule has 22 heavy (non-hydrogen) atoms. The van der Waals surface area contributed by atoms with E-state index in [-0.39, 0.29) is 0 Å². The Morgan fingerprint density at radius 2 is 2.27 bits per heavy atom. The van der Waals surface area contributed by atoms with Crippen LogP contribution in [-0.2, 0) is 4.79 Å². The standard InChI is InChI=1S/C16H14N2O4/c1-21-13-7-3-4-10(9-13)14-17-15(22-18-14)11-5-2-6-12(8-11)16(19)20/h3-5,7-9H,2,6H2,1H3,(H,19,20). The molecule has 6 nitrogen and oxygen atoms in total. The van der Waals surface area contributed by atoms with E-state index in [0.717, 1.165) is 5.56 Å². The molecule has 3 rings (SSSR count). The molecule has 1 N–H and O–H groups in total. The van der Waals surface area contributed by atoms with Crippen LogP contribution in [0.25, 0.3) is 17.0 Å². The van der Waals surface area contributed by atoms with Gasteiger partial charge in [0, 0.05) is 16.7 Å². The number of nitrogens with zero attached hydrogens (tertiary/aromatic N) is 2. The van der Waals surface area contributed by atoms with Crippen molar-refractivity contribution in [3.8, 4) is 17.1 Å².